The second kappa shape index (κ2) is 8.43. The van der Waals surface area contributed by atoms with Crippen molar-refractivity contribution < 1.29 is 5.11 Å². The van der Waals surface area contributed by atoms with Crippen LogP contribution in [0, 0.1) is 0 Å². The molecule has 2 aromatic carbocycles. The first-order valence-electron chi connectivity index (χ1n) is 8.64. The lowest BCUT2D eigenvalue weighted by molar-refractivity contribution is 0.141. The van der Waals surface area contributed by atoms with Crippen LogP contribution in [0.3, 0.4) is 0 Å². The van der Waals surface area contributed by atoms with Gasteiger partial charge in [-0.2, -0.15) is 0 Å². The van der Waals surface area contributed by atoms with Gasteiger partial charge in [0.15, 0.2) is 0 Å². The molecule has 3 heteroatoms. The van der Waals surface area contributed by atoms with Crippen molar-refractivity contribution in [3.63, 3.8) is 0 Å². The molecule has 0 saturated heterocycles. The summed E-state index contributed by atoms with van der Waals surface area (Å²) in [5.41, 5.74) is 9.97. The van der Waals surface area contributed by atoms with Crippen molar-refractivity contribution in [3.05, 3.63) is 71.3 Å². The molecule has 0 saturated carbocycles. The van der Waals surface area contributed by atoms with Crippen LogP contribution in [0.25, 0.3) is 0 Å². The Labute approximate surface area is 145 Å². The van der Waals surface area contributed by atoms with Crippen molar-refractivity contribution in [1.82, 2.24) is 5.32 Å². The molecule has 0 amide bonds. The number of aliphatic hydroxyl groups excluding tert-OH is 1. The maximum atomic E-state index is 10.3. The van der Waals surface area contributed by atoms with Crippen LogP contribution in [-0.2, 0) is 18.4 Å². The first-order chi connectivity index (χ1) is 11.4. The van der Waals surface area contributed by atoms with E-state index >= 15 is 0 Å². The number of aliphatic hydroxyl groups is 1. The Morgan fingerprint density at radius 1 is 1.00 bits per heavy atom. The predicted octanol–water partition coefficient (Wildman–Crippen LogP) is 3.00. The Morgan fingerprint density at radius 2 is 1.67 bits per heavy atom. The van der Waals surface area contributed by atoms with Gasteiger partial charge in [0.05, 0.1) is 6.10 Å². The average molecular weight is 326 g/mol. The van der Waals surface area contributed by atoms with Gasteiger partial charge in [-0.05, 0) is 28.5 Å². The van der Waals surface area contributed by atoms with E-state index in [1.54, 1.807) is 0 Å². The summed E-state index contributed by atoms with van der Waals surface area (Å²) in [6, 6.07) is 18.4. The Hall–Kier alpha value is -1.68. The molecule has 0 aliphatic heterocycles. The maximum Gasteiger partial charge on any atom is 0.0818 e. The molecule has 0 aliphatic carbocycles. The third kappa shape index (κ3) is 5.75. The fourth-order valence-corrected chi connectivity index (χ4v) is 2.69. The molecular formula is C21H30N2O. The van der Waals surface area contributed by atoms with Crippen molar-refractivity contribution in [3.8, 4) is 0 Å². The lowest BCUT2D eigenvalue weighted by Crippen LogP contribution is -2.43. The van der Waals surface area contributed by atoms with Crippen LogP contribution in [0.1, 0.15) is 37.5 Å². The van der Waals surface area contributed by atoms with Gasteiger partial charge in [-0.3, -0.25) is 0 Å². The topological polar surface area (TPSA) is 58.3 Å². The third-order valence-corrected chi connectivity index (χ3v) is 4.28. The van der Waals surface area contributed by atoms with Gasteiger partial charge in [-0.1, -0.05) is 75.4 Å². The fourth-order valence-electron chi connectivity index (χ4n) is 2.69. The number of benzene rings is 2. The van der Waals surface area contributed by atoms with E-state index in [-0.39, 0.29) is 11.5 Å². The smallest absolute Gasteiger partial charge is 0.0818 e. The average Bonchev–Trinajstić information content (AvgIpc) is 2.55. The molecule has 0 radical (unpaired) electrons. The third-order valence-electron chi connectivity index (χ3n) is 4.28. The largest absolute Gasteiger partial charge is 0.390 e. The van der Waals surface area contributed by atoms with Crippen LogP contribution in [-0.4, -0.2) is 23.8 Å². The molecule has 3 nitrogen and oxygen atoms in total. The lowest BCUT2D eigenvalue weighted by atomic mass is 9.86. The molecule has 2 rings (SSSR count). The Balaban J connectivity index is 1.81. The van der Waals surface area contributed by atoms with Crippen molar-refractivity contribution >= 4 is 0 Å². The van der Waals surface area contributed by atoms with Gasteiger partial charge in [-0.15, -0.1) is 0 Å². The van der Waals surface area contributed by atoms with Gasteiger partial charge in [-0.25, -0.2) is 0 Å². The first-order valence-corrected chi connectivity index (χ1v) is 8.64. The normalized spacial score (nSPS) is 14.4. The number of rotatable bonds is 7. The summed E-state index contributed by atoms with van der Waals surface area (Å²) in [4.78, 5) is 0. The van der Waals surface area contributed by atoms with E-state index in [4.69, 9.17) is 5.73 Å². The summed E-state index contributed by atoms with van der Waals surface area (Å²) in [6.45, 7) is 7.87. The van der Waals surface area contributed by atoms with Crippen LogP contribution in [0.5, 0.6) is 0 Å². The van der Waals surface area contributed by atoms with Crippen molar-refractivity contribution in [1.29, 1.82) is 0 Å². The molecule has 2 aromatic rings. The van der Waals surface area contributed by atoms with E-state index in [1.165, 1.54) is 11.1 Å². The second-order valence-corrected chi connectivity index (χ2v) is 7.50. The summed E-state index contributed by atoms with van der Waals surface area (Å²) >= 11 is 0. The molecule has 0 bridgehead atoms. The summed E-state index contributed by atoms with van der Waals surface area (Å²) in [5.74, 6) is 0. The monoisotopic (exact) mass is 326 g/mol. The Morgan fingerprint density at radius 3 is 2.33 bits per heavy atom. The number of nitrogens with two attached hydrogens (primary N) is 1. The highest BCUT2D eigenvalue weighted by Crippen LogP contribution is 2.22. The second-order valence-electron chi connectivity index (χ2n) is 7.50. The molecule has 0 unspecified atom stereocenters. The zero-order valence-corrected chi connectivity index (χ0v) is 15.0. The Bertz CT molecular complexity index is 619. The van der Waals surface area contributed by atoms with Crippen LogP contribution < -0.4 is 11.1 Å². The Kier molecular flexibility index (Phi) is 6.55. The molecule has 0 spiro atoms. The number of hydrogen-bond acceptors (Lipinski definition) is 3. The van der Waals surface area contributed by atoms with Crippen molar-refractivity contribution in [2.24, 2.45) is 5.73 Å². The van der Waals surface area contributed by atoms with Crippen molar-refractivity contribution in [2.45, 2.75) is 51.3 Å². The van der Waals surface area contributed by atoms with E-state index in [9.17, 15) is 5.11 Å². The van der Waals surface area contributed by atoms with E-state index in [0.29, 0.717) is 13.0 Å². The van der Waals surface area contributed by atoms with Crippen LogP contribution in [0.15, 0.2) is 54.6 Å². The molecule has 24 heavy (non-hydrogen) atoms. The summed E-state index contributed by atoms with van der Waals surface area (Å²) in [7, 11) is 0. The lowest BCUT2D eigenvalue weighted by Gasteiger charge is -2.21. The summed E-state index contributed by atoms with van der Waals surface area (Å²) in [5, 5.41) is 13.6. The first kappa shape index (κ1) is 18.7. The molecule has 0 aliphatic rings. The van der Waals surface area contributed by atoms with Gasteiger partial charge in [0.25, 0.3) is 0 Å². The van der Waals surface area contributed by atoms with Gasteiger partial charge >= 0.3 is 0 Å². The van der Waals surface area contributed by atoms with E-state index in [0.717, 1.165) is 12.1 Å². The number of nitrogens with one attached hydrogen (secondary N) is 1. The van der Waals surface area contributed by atoms with Gasteiger partial charge in [0, 0.05) is 19.1 Å². The van der Waals surface area contributed by atoms with E-state index < -0.39 is 6.10 Å². The fraction of sp³-hybridized carbons (Fsp3) is 0.429. The highest BCUT2D eigenvalue weighted by atomic mass is 16.3. The molecule has 0 fully saturated rings. The molecular weight excluding hydrogens is 296 g/mol. The maximum absolute atomic E-state index is 10.3. The zero-order valence-electron chi connectivity index (χ0n) is 15.0. The quantitative estimate of drug-likeness (QED) is 0.733. The van der Waals surface area contributed by atoms with Crippen LogP contribution >= 0.6 is 0 Å². The minimum atomic E-state index is -0.559. The standard InChI is InChI=1S/C21H30N2O/c1-21(2,3)18-11-7-10-17(12-18)14-23-15-20(24)19(22)13-16-8-5-4-6-9-16/h4-12,19-20,23-24H,13-15,22H2,1-3H3/t19-,20+/m0/s1. The predicted molar refractivity (Wildman–Crippen MR) is 101 cm³/mol. The highest BCUT2D eigenvalue weighted by Gasteiger charge is 2.16. The zero-order chi connectivity index (χ0) is 17.6. The summed E-state index contributed by atoms with van der Waals surface area (Å²) in [6.07, 6.45) is 0.124. The van der Waals surface area contributed by atoms with Crippen LogP contribution in [0.4, 0.5) is 0 Å². The molecule has 2 atom stereocenters. The van der Waals surface area contributed by atoms with Crippen LogP contribution in [0.2, 0.25) is 0 Å². The molecule has 4 N–H and O–H groups in total. The molecule has 0 heterocycles. The van der Waals surface area contributed by atoms with Crippen molar-refractivity contribution in [2.75, 3.05) is 6.54 Å². The summed E-state index contributed by atoms with van der Waals surface area (Å²) < 4.78 is 0. The minimum Gasteiger partial charge on any atom is -0.390 e. The minimum absolute atomic E-state index is 0.146. The van der Waals surface area contributed by atoms with E-state index in [2.05, 4.69) is 50.4 Å². The van der Waals surface area contributed by atoms with Gasteiger partial charge in [0.2, 0.25) is 0 Å². The van der Waals surface area contributed by atoms with Gasteiger partial charge < -0.3 is 16.2 Å². The van der Waals surface area contributed by atoms with E-state index in [1.807, 2.05) is 30.3 Å². The highest BCUT2D eigenvalue weighted by molar-refractivity contribution is 5.28. The number of hydrogen-bond donors (Lipinski definition) is 3. The molecule has 130 valence electrons. The molecule has 0 aromatic heterocycles. The van der Waals surface area contributed by atoms with Gasteiger partial charge in [0.1, 0.15) is 0 Å². The SMILES string of the molecule is CC(C)(C)c1cccc(CNC[C@@H](O)[C@@H](N)Cc2ccccc2)c1.